The summed E-state index contributed by atoms with van der Waals surface area (Å²) in [5.41, 5.74) is -0.550. The van der Waals surface area contributed by atoms with Gasteiger partial charge in [-0.25, -0.2) is 8.78 Å². The third-order valence-electron chi connectivity index (χ3n) is 2.58. The van der Waals surface area contributed by atoms with Crippen molar-refractivity contribution in [3.63, 3.8) is 0 Å². The zero-order valence-corrected chi connectivity index (χ0v) is 8.50. The Morgan fingerprint density at radius 2 is 1.88 bits per heavy atom. The zero-order chi connectivity index (χ0) is 12.0. The first-order valence-electron chi connectivity index (χ1n) is 4.90. The number of rotatable bonds is 1. The van der Waals surface area contributed by atoms with Crippen molar-refractivity contribution in [3.8, 4) is 11.5 Å². The predicted octanol–water partition coefficient (Wildman–Crippen LogP) is 2.19. The number of aromatic nitrogens is 1. The fourth-order valence-electron chi connectivity index (χ4n) is 1.78. The van der Waals surface area contributed by atoms with E-state index in [2.05, 4.69) is 4.98 Å². The van der Waals surface area contributed by atoms with Gasteiger partial charge >= 0.3 is 0 Å². The lowest BCUT2D eigenvalue weighted by Gasteiger charge is -2.04. The second-order valence-electron chi connectivity index (χ2n) is 3.64. The van der Waals surface area contributed by atoms with E-state index in [9.17, 15) is 13.6 Å². The first kappa shape index (κ1) is 10.1. The number of aromatic amines is 1. The lowest BCUT2D eigenvalue weighted by atomic mass is 10.1. The minimum absolute atomic E-state index is 0.0710. The number of H-pyrrole nitrogens is 1. The van der Waals surface area contributed by atoms with Gasteiger partial charge in [-0.3, -0.25) is 4.79 Å². The molecule has 0 bridgehead atoms. The highest BCUT2D eigenvalue weighted by Crippen LogP contribution is 2.34. The fraction of sp³-hybridized carbons (Fsp3) is 0.182. The predicted molar refractivity (Wildman–Crippen MR) is 55.6 cm³/mol. The van der Waals surface area contributed by atoms with Crippen LogP contribution in [0.15, 0.2) is 23.0 Å². The Hall–Kier alpha value is -2.11. The van der Waals surface area contributed by atoms with Crippen LogP contribution in [0.4, 0.5) is 8.78 Å². The average Bonchev–Trinajstić information content (AvgIpc) is 2.73. The topological polar surface area (TPSA) is 51.3 Å². The Kier molecular flexibility index (Phi) is 2.04. The lowest BCUT2D eigenvalue weighted by Crippen LogP contribution is -2.05. The molecule has 0 aliphatic carbocycles. The normalized spacial score (nSPS) is 13.6. The monoisotopic (exact) mass is 239 g/mol. The Bertz CT molecular complexity index is 651. The molecule has 0 spiro atoms. The first-order chi connectivity index (χ1) is 8.15. The summed E-state index contributed by atoms with van der Waals surface area (Å²) in [4.78, 5) is 14.2. The molecule has 0 atom stereocenters. The Morgan fingerprint density at radius 1 is 1.18 bits per heavy atom. The Balaban J connectivity index is 2.32. The van der Waals surface area contributed by atoms with E-state index < -0.39 is 17.5 Å². The maximum absolute atomic E-state index is 12.5. The number of pyridine rings is 1. The van der Waals surface area contributed by atoms with E-state index in [1.807, 2.05) is 0 Å². The Labute approximate surface area is 93.8 Å². The fourth-order valence-corrected chi connectivity index (χ4v) is 1.78. The molecule has 17 heavy (non-hydrogen) atoms. The summed E-state index contributed by atoms with van der Waals surface area (Å²) >= 11 is 0. The summed E-state index contributed by atoms with van der Waals surface area (Å²) in [7, 11) is 0. The maximum atomic E-state index is 12.5. The van der Waals surface area contributed by atoms with Crippen molar-refractivity contribution in [1.82, 2.24) is 4.98 Å². The molecule has 1 aliphatic rings. The van der Waals surface area contributed by atoms with Crippen LogP contribution in [0.3, 0.4) is 0 Å². The quantitative estimate of drug-likeness (QED) is 0.829. The largest absolute Gasteiger partial charge is 0.454 e. The number of alkyl halides is 2. The van der Waals surface area contributed by atoms with Crippen LogP contribution in [0.1, 0.15) is 12.1 Å². The van der Waals surface area contributed by atoms with Crippen molar-refractivity contribution in [2.75, 3.05) is 6.79 Å². The molecule has 6 heteroatoms. The van der Waals surface area contributed by atoms with E-state index in [4.69, 9.17) is 9.47 Å². The third kappa shape index (κ3) is 1.52. The zero-order valence-electron chi connectivity index (χ0n) is 8.50. The van der Waals surface area contributed by atoms with Crippen LogP contribution in [0.2, 0.25) is 0 Å². The van der Waals surface area contributed by atoms with Crippen molar-refractivity contribution in [2.24, 2.45) is 0 Å². The van der Waals surface area contributed by atoms with Crippen LogP contribution in [0.5, 0.6) is 11.5 Å². The van der Waals surface area contributed by atoms with Gasteiger partial charge < -0.3 is 14.5 Å². The standard InChI is InChI=1S/C11H7F2NO3/c12-11(13)7-2-8(15)5-1-9-10(17-4-16-9)3-6(5)14-7/h1-3,11H,4H2,(H,14,15). The van der Waals surface area contributed by atoms with Crippen LogP contribution in [-0.2, 0) is 0 Å². The van der Waals surface area contributed by atoms with E-state index in [-0.39, 0.29) is 6.79 Å². The number of halogens is 2. The second kappa shape index (κ2) is 3.44. The molecule has 3 rings (SSSR count). The highest BCUT2D eigenvalue weighted by Gasteiger charge is 2.17. The van der Waals surface area contributed by atoms with Gasteiger partial charge in [0.15, 0.2) is 16.9 Å². The second-order valence-corrected chi connectivity index (χ2v) is 3.64. The summed E-state index contributed by atoms with van der Waals surface area (Å²) in [6.45, 7) is 0.0710. The minimum atomic E-state index is -2.71. The van der Waals surface area contributed by atoms with Crippen LogP contribution in [0.25, 0.3) is 10.9 Å². The van der Waals surface area contributed by atoms with Crippen molar-refractivity contribution >= 4 is 10.9 Å². The number of benzene rings is 1. The number of ether oxygens (including phenoxy) is 2. The van der Waals surface area contributed by atoms with E-state index >= 15 is 0 Å². The summed E-state index contributed by atoms with van der Waals surface area (Å²) in [6.07, 6.45) is -2.71. The molecule has 1 aliphatic heterocycles. The summed E-state index contributed by atoms with van der Waals surface area (Å²) in [5, 5.41) is 0.304. The van der Waals surface area contributed by atoms with Crippen molar-refractivity contribution < 1.29 is 18.3 Å². The van der Waals surface area contributed by atoms with E-state index in [0.29, 0.717) is 22.4 Å². The van der Waals surface area contributed by atoms with Crippen LogP contribution in [-0.4, -0.2) is 11.8 Å². The van der Waals surface area contributed by atoms with Crippen molar-refractivity contribution in [3.05, 3.63) is 34.1 Å². The molecule has 2 aromatic rings. The summed E-state index contributed by atoms with van der Waals surface area (Å²) in [5.74, 6) is 0.896. The molecule has 1 N–H and O–H groups in total. The van der Waals surface area contributed by atoms with Gasteiger partial charge in [-0.1, -0.05) is 0 Å². The van der Waals surface area contributed by atoms with Gasteiger partial charge in [0.05, 0.1) is 11.2 Å². The van der Waals surface area contributed by atoms with Crippen molar-refractivity contribution in [2.45, 2.75) is 6.43 Å². The molecular formula is C11H7F2NO3. The van der Waals surface area contributed by atoms with Gasteiger partial charge in [-0.05, 0) is 6.07 Å². The molecule has 88 valence electrons. The molecular weight excluding hydrogens is 232 g/mol. The van der Waals surface area contributed by atoms with Crippen LogP contribution in [0, 0.1) is 0 Å². The summed E-state index contributed by atoms with van der Waals surface area (Å²) in [6, 6.07) is 3.88. The highest BCUT2D eigenvalue weighted by molar-refractivity contribution is 5.82. The van der Waals surface area contributed by atoms with Gasteiger partial charge in [0.1, 0.15) is 0 Å². The van der Waals surface area contributed by atoms with Gasteiger partial charge in [0.2, 0.25) is 6.79 Å². The van der Waals surface area contributed by atoms with Gasteiger partial charge in [-0.2, -0.15) is 0 Å². The van der Waals surface area contributed by atoms with Crippen LogP contribution < -0.4 is 14.9 Å². The lowest BCUT2D eigenvalue weighted by molar-refractivity contribution is 0.146. The number of nitrogens with one attached hydrogen (secondary N) is 1. The van der Waals surface area contributed by atoms with Gasteiger partial charge in [0.25, 0.3) is 6.43 Å². The molecule has 0 radical (unpaired) electrons. The number of hydrogen-bond acceptors (Lipinski definition) is 3. The first-order valence-corrected chi connectivity index (χ1v) is 4.90. The van der Waals surface area contributed by atoms with Crippen molar-refractivity contribution in [1.29, 1.82) is 0 Å². The maximum Gasteiger partial charge on any atom is 0.278 e. The molecule has 2 heterocycles. The minimum Gasteiger partial charge on any atom is -0.454 e. The molecule has 0 amide bonds. The molecule has 1 aromatic heterocycles. The average molecular weight is 239 g/mol. The summed E-state index contributed by atoms with van der Waals surface area (Å²) < 4.78 is 35.3. The Morgan fingerprint density at radius 3 is 2.59 bits per heavy atom. The highest BCUT2D eigenvalue weighted by atomic mass is 19.3. The van der Waals surface area contributed by atoms with E-state index in [1.165, 1.54) is 12.1 Å². The molecule has 0 saturated carbocycles. The van der Waals surface area contributed by atoms with Gasteiger partial charge in [-0.15, -0.1) is 0 Å². The molecule has 0 fully saturated rings. The van der Waals surface area contributed by atoms with Crippen LogP contribution >= 0.6 is 0 Å². The van der Waals surface area contributed by atoms with Gasteiger partial charge in [0, 0.05) is 17.5 Å². The molecule has 0 saturated heterocycles. The number of fused-ring (bicyclic) bond motifs is 2. The smallest absolute Gasteiger partial charge is 0.278 e. The molecule has 4 nitrogen and oxygen atoms in total. The molecule has 0 unspecified atom stereocenters. The van der Waals surface area contributed by atoms with E-state index in [0.717, 1.165) is 6.07 Å². The molecule has 1 aromatic carbocycles. The van der Waals surface area contributed by atoms with E-state index in [1.54, 1.807) is 0 Å². The third-order valence-corrected chi connectivity index (χ3v) is 2.58. The number of hydrogen-bond donors (Lipinski definition) is 1. The SMILES string of the molecule is O=c1cc(C(F)F)[nH]c2cc3c(cc12)OCO3.